The van der Waals surface area contributed by atoms with Gasteiger partial charge in [0.05, 0.1) is 4.92 Å². The molecule has 5 nitrogen and oxygen atoms in total. The number of nitro benzene ring substituents is 1. The molecule has 0 aromatic heterocycles. The van der Waals surface area contributed by atoms with Gasteiger partial charge in [-0.1, -0.05) is 0 Å². The van der Waals surface area contributed by atoms with E-state index in [0.29, 0.717) is 12.2 Å². The van der Waals surface area contributed by atoms with Crippen LogP contribution in [0.15, 0.2) is 18.2 Å². The number of nitro groups is 1. The van der Waals surface area contributed by atoms with Gasteiger partial charge in [-0.2, -0.15) is 0 Å². The largest absolute Gasteiger partial charge is 0.380 e. The molecule has 0 saturated heterocycles. The van der Waals surface area contributed by atoms with E-state index in [0.717, 1.165) is 6.07 Å². The molecule has 0 atom stereocenters. The van der Waals surface area contributed by atoms with Gasteiger partial charge in [-0.3, -0.25) is 14.9 Å². The summed E-state index contributed by atoms with van der Waals surface area (Å²) in [5, 5.41) is 12.8. The second-order valence-electron chi connectivity index (χ2n) is 2.79. The van der Waals surface area contributed by atoms with Gasteiger partial charge in [0.1, 0.15) is 5.69 Å². The first-order valence-corrected chi connectivity index (χ1v) is 4.66. The van der Waals surface area contributed by atoms with E-state index in [1.54, 1.807) is 0 Å². The molecule has 0 saturated carbocycles. The monoisotopic (exact) mass is 228 g/mol. The summed E-state index contributed by atoms with van der Waals surface area (Å²) < 4.78 is 0. The highest BCUT2D eigenvalue weighted by molar-refractivity contribution is 6.67. The lowest BCUT2D eigenvalue weighted by Crippen LogP contribution is -2.02. The maximum Gasteiger partial charge on any atom is 0.293 e. The molecule has 0 radical (unpaired) electrons. The van der Waals surface area contributed by atoms with Crippen LogP contribution in [0, 0.1) is 10.1 Å². The van der Waals surface area contributed by atoms with Crippen molar-refractivity contribution in [1.29, 1.82) is 0 Å². The second-order valence-corrected chi connectivity index (χ2v) is 3.14. The van der Waals surface area contributed by atoms with Crippen molar-refractivity contribution in [2.24, 2.45) is 0 Å². The highest BCUT2D eigenvalue weighted by Gasteiger charge is 2.15. The number of nitrogens with zero attached hydrogens (tertiary/aromatic N) is 1. The van der Waals surface area contributed by atoms with Gasteiger partial charge < -0.3 is 5.32 Å². The van der Waals surface area contributed by atoms with Gasteiger partial charge in [-0.15, -0.1) is 0 Å². The minimum atomic E-state index is -0.707. The summed E-state index contributed by atoms with van der Waals surface area (Å²) in [4.78, 5) is 20.9. The average molecular weight is 229 g/mol. The fraction of sp³-hybridized carbons (Fsp3) is 0.222. The van der Waals surface area contributed by atoms with E-state index in [-0.39, 0.29) is 11.3 Å². The van der Waals surface area contributed by atoms with Crippen LogP contribution in [-0.2, 0) is 0 Å². The Morgan fingerprint density at radius 3 is 2.73 bits per heavy atom. The molecule has 0 spiro atoms. The quantitative estimate of drug-likeness (QED) is 0.488. The highest BCUT2D eigenvalue weighted by atomic mass is 35.5. The van der Waals surface area contributed by atoms with Crippen LogP contribution in [-0.4, -0.2) is 16.7 Å². The lowest BCUT2D eigenvalue weighted by molar-refractivity contribution is -0.384. The van der Waals surface area contributed by atoms with E-state index >= 15 is 0 Å². The molecular formula is C9H9ClN2O3. The van der Waals surface area contributed by atoms with Crippen LogP contribution >= 0.6 is 11.6 Å². The Morgan fingerprint density at radius 2 is 2.27 bits per heavy atom. The molecule has 1 aromatic carbocycles. The zero-order valence-electron chi connectivity index (χ0n) is 7.99. The predicted octanol–water partition coefficient (Wildman–Crippen LogP) is 2.41. The van der Waals surface area contributed by atoms with E-state index in [9.17, 15) is 14.9 Å². The fourth-order valence-corrected chi connectivity index (χ4v) is 1.26. The normalized spacial score (nSPS) is 9.73. The van der Waals surface area contributed by atoms with Gasteiger partial charge in [0, 0.05) is 18.2 Å². The van der Waals surface area contributed by atoms with Crippen molar-refractivity contribution < 1.29 is 9.72 Å². The summed E-state index contributed by atoms with van der Waals surface area (Å²) in [6.45, 7) is 2.39. The van der Waals surface area contributed by atoms with Crippen LogP contribution in [0.2, 0.25) is 0 Å². The summed E-state index contributed by atoms with van der Waals surface area (Å²) in [6, 6.07) is 4.07. The molecule has 0 aliphatic heterocycles. The molecule has 15 heavy (non-hydrogen) atoms. The molecule has 1 N–H and O–H groups in total. The first kappa shape index (κ1) is 11.5. The highest BCUT2D eigenvalue weighted by Crippen LogP contribution is 2.25. The Morgan fingerprint density at radius 1 is 1.60 bits per heavy atom. The number of halogens is 1. The Kier molecular flexibility index (Phi) is 3.62. The number of carbonyl (C=O) groups excluding carboxylic acids is 1. The number of benzene rings is 1. The van der Waals surface area contributed by atoms with Crippen LogP contribution in [0.5, 0.6) is 0 Å². The predicted molar refractivity (Wildman–Crippen MR) is 57.4 cm³/mol. The molecule has 1 rings (SSSR count). The van der Waals surface area contributed by atoms with E-state index in [2.05, 4.69) is 5.32 Å². The zero-order valence-corrected chi connectivity index (χ0v) is 8.75. The van der Waals surface area contributed by atoms with Crippen molar-refractivity contribution >= 4 is 28.2 Å². The molecule has 0 unspecified atom stereocenters. The van der Waals surface area contributed by atoms with E-state index in [1.165, 1.54) is 12.1 Å². The Bertz CT molecular complexity index is 406. The van der Waals surface area contributed by atoms with E-state index in [4.69, 9.17) is 11.6 Å². The van der Waals surface area contributed by atoms with Gasteiger partial charge in [0.2, 0.25) is 0 Å². The topological polar surface area (TPSA) is 72.2 Å². The van der Waals surface area contributed by atoms with Crippen LogP contribution in [0.3, 0.4) is 0 Å². The lowest BCUT2D eigenvalue weighted by atomic mass is 10.2. The van der Waals surface area contributed by atoms with Crippen LogP contribution in [0.25, 0.3) is 0 Å². The Hall–Kier alpha value is -1.62. The SMILES string of the molecule is CCNc1ccc(C(=O)Cl)cc1[N+](=O)[O-]. The second kappa shape index (κ2) is 4.75. The summed E-state index contributed by atoms with van der Waals surface area (Å²) in [5.41, 5.74) is 0.345. The van der Waals surface area contributed by atoms with Crippen molar-refractivity contribution in [2.45, 2.75) is 6.92 Å². The standard InChI is InChI=1S/C9H9ClN2O3/c1-2-11-7-4-3-6(9(10)13)5-8(7)12(14)15/h3-5,11H,2H2,1H3. The van der Waals surface area contributed by atoms with Crippen molar-refractivity contribution in [3.8, 4) is 0 Å². The number of carbonyl (C=O) groups is 1. The Labute approximate surface area is 91.2 Å². The fourth-order valence-electron chi connectivity index (χ4n) is 1.14. The lowest BCUT2D eigenvalue weighted by Gasteiger charge is -2.04. The van der Waals surface area contributed by atoms with Crippen LogP contribution < -0.4 is 5.32 Å². The van der Waals surface area contributed by atoms with Crippen molar-refractivity contribution in [3.05, 3.63) is 33.9 Å². The van der Waals surface area contributed by atoms with Crippen molar-refractivity contribution in [1.82, 2.24) is 0 Å². The minimum Gasteiger partial charge on any atom is -0.380 e. The van der Waals surface area contributed by atoms with Crippen molar-refractivity contribution in [3.63, 3.8) is 0 Å². The minimum absolute atomic E-state index is 0.116. The van der Waals surface area contributed by atoms with Crippen molar-refractivity contribution in [2.75, 3.05) is 11.9 Å². The van der Waals surface area contributed by atoms with Gasteiger partial charge in [-0.05, 0) is 30.7 Å². The third kappa shape index (κ3) is 2.66. The summed E-state index contributed by atoms with van der Waals surface area (Å²) in [5.74, 6) is 0. The van der Waals surface area contributed by atoms with Crippen LogP contribution in [0.1, 0.15) is 17.3 Å². The Balaban J connectivity index is 3.20. The number of anilines is 1. The average Bonchev–Trinajstić information content (AvgIpc) is 2.18. The van der Waals surface area contributed by atoms with Gasteiger partial charge in [0.25, 0.3) is 10.9 Å². The number of nitrogens with one attached hydrogen (secondary N) is 1. The summed E-state index contributed by atoms with van der Waals surface area (Å²) in [6.07, 6.45) is 0. The molecule has 1 aromatic rings. The van der Waals surface area contributed by atoms with E-state index < -0.39 is 10.2 Å². The summed E-state index contributed by atoms with van der Waals surface area (Å²) >= 11 is 5.23. The number of hydrogen-bond donors (Lipinski definition) is 1. The molecule has 80 valence electrons. The molecule has 0 fully saturated rings. The first-order chi connectivity index (χ1) is 7.06. The molecule has 0 heterocycles. The number of rotatable bonds is 4. The molecule has 0 bridgehead atoms. The zero-order chi connectivity index (χ0) is 11.4. The maximum atomic E-state index is 10.8. The van der Waals surface area contributed by atoms with Gasteiger partial charge >= 0.3 is 0 Å². The molecular weight excluding hydrogens is 220 g/mol. The first-order valence-electron chi connectivity index (χ1n) is 4.28. The number of hydrogen-bond acceptors (Lipinski definition) is 4. The summed E-state index contributed by atoms with van der Waals surface area (Å²) in [7, 11) is 0. The van der Waals surface area contributed by atoms with E-state index in [1.807, 2.05) is 6.92 Å². The third-order valence-electron chi connectivity index (χ3n) is 1.79. The molecule has 0 aliphatic carbocycles. The maximum absolute atomic E-state index is 10.8. The van der Waals surface area contributed by atoms with Gasteiger partial charge in [-0.25, -0.2) is 0 Å². The van der Waals surface area contributed by atoms with Crippen LogP contribution in [0.4, 0.5) is 11.4 Å². The smallest absolute Gasteiger partial charge is 0.293 e. The van der Waals surface area contributed by atoms with Gasteiger partial charge in [0.15, 0.2) is 0 Å². The third-order valence-corrected chi connectivity index (χ3v) is 2.01. The molecule has 0 aliphatic rings. The molecule has 6 heteroatoms. The molecule has 0 amide bonds.